The van der Waals surface area contributed by atoms with E-state index in [4.69, 9.17) is 9.47 Å². The lowest BCUT2D eigenvalue weighted by molar-refractivity contribution is 0.0957. The quantitative estimate of drug-likeness (QED) is 0.390. The van der Waals surface area contributed by atoms with Gasteiger partial charge in [0.1, 0.15) is 11.4 Å². The Hall–Kier alpha value is -2.65. The van der Waals surface area contributed by atoms with Crippen molar-refractivity contribution >= 4 is 17.5 Å². The smallest absolute Gasteiger partial charge is 0.214 e. The molecule has 3 heterocycles. The normalized spacial score (nSPS) is 16.1. The van der Waals surface area contributed by atoms with E-state index in [2.05, 4.69) is 20.1 Å². The van der Waals surface area contributed by atoms with Gasteiger partial charge in [0.25, 0.3) is 0 Å². The second kappa shape index (κ2) is 9.23. The number of thioether (sulfide) groups is 1. The predicted molar refractivity (Wildman–Crippen MR) is 118 cm³/mol. The molecule has 3 aromatic rings. The Morgan fingerprint density at radius 2 is 2.13 bits per heavy atom. The van der Waals surface area contributed by atoms with E-state index in [1.807, 2.05) is 45.0 Å². The minimum absolute atomic E-state index is 0.0578. The Labute approximate surface area is 185 Å². The van der Waals surface area contributed by atoms with E-state index in [1.54, 1.807) is 11.8 Å². The molecule has 31 heavy (non-hydrogen) atoms. The van der Waals surface area contributed by atoms with Crippen LogP contribution in [-0.4, -0.2) is 56.1 Å². The molecule has 1 aliphatic rings. The first-order valence-electron chi connectivity index (χ1n) is 10.4. The van der Waals surface area contributed by atoms with Gasteiger partial charge < -0.3 is 14.0 Å². The van der Waals surface area contributed by atoms with Crippen molar-refractivity contribution in [2.75, 3.05) is 19.5 Å². The SMILES string of the molecule is COc1ccc(C)cc1-n1nnnc1SCC(=O)c1cc(C)n(C[C@@H]2CCCO2)c1C. The van der Waals surface area contributed by atoms with Gasteiger partial charge in [-0.2, -0.15) is 4.68 Å². The fourth-order valence-electron chi connectivity index (χ4n) is 3.95. The lowest BCUT2D eigenvalue weighted by Gasteiger charge is -2.14. The van der Waals surface area contributed by atoms with Crippen LogP contribution >= 0.6 is 11.8 Å². The summed E-state index contributed by atoms with van der Waals surface area (Å²) >= 11 is 1.32. The van der Waals surface area contributed by atoms with Crippen molar-refractivity contribution in [1.29, 1.82) is 0 Å². The number of nitrogens with zero attached hydrogens (tertiary/aromatic N) is 5. The molecular weight excluding hydrogens is 414 g/mol. The summed E-state index contributed by atoms with van der Waals surface area (Å²) in [6.07, 6.45) is 2.41. The molecule has 0 N–H and O–H groups in total. The molecule has 0 aliphatic carbocycles. The maximum absolute atomic E-state index is 13.0. The van der Waals surface area contributed by atoms with Gasteiger partial charge in [0, 0.05) is 30.1 Å². The van der Waals surface area contributed by atoms with E-state index < -0.39 is 0 Å². The Morgan fingerprint density at radius 1 is 1.29 bits per heavy atom. The molecule has 1 aliphatic heterocycles. The zero-order valence-electron chi connectivity index (χ0n) is 18.3. The van der Waals surface area contributed by atoms with E-state index in [-0.39, 0.29) is 17.6 Å². The van der Waals surface area contributed by atoms with Crippen LogP contribution in [0.1, 0.15) is 40.2 Å². The molecule has 8 nitrogen and oxygen atoms in total. The van der Waals surface area contributed by atoms with Crippen LogP contribution in [0.15, 0.2) is 29.4 Å². The fraction of sp³-hybridized carbons (Fsp3) is 0.455. The summed E-state index contributed by atoms with van der Waals surface area (Å²) in [6, 6.07) is 7.78. The highest BCUT2D eigenvalue weighted by Gasteiger charge is 2.22. The first-order chi connectivity index (χ1) is 15.0. The Kier molecular flexibility index (Phi) is 6.43. The number of aryl methyl sites for hydroxylation is 2. The van der Waals surface area contributed by atoms with Gasteiger partial charge >= 0.3 is 0 Å². The molecule has 1 aromatic carbocycles. The molecule has 4 rings (SSSR count). The van der Waals surface area contributed by atoms with Crippen molar-refractivity contribution in [3.8, 4) is 11.4 Å². The number of rotatable bonds is 8. The van der Waals surface area contributed by atoms with E-state index in [1.165, 1.54) is 11.8 Å². The summed E-state index contributed by atoms with van der Waals surface area (Å²) in [5, 5.41) is 12.6. The van der Waals surface area contributed by atoms with Crippen LogP contribution in [0.2, 0.25) is 0 Å². The number of carbonyl (C=O) groups is 1. The van der Waals surface area contributed by atoms with Crippen LogP contribution in [0.3, 0.4) is 0 Å². The van der Waals surface area contributed by atoms with Crippen molar-refractivity contribution in [2.24, 2.45) is 0 Å². The second-order valence-electron chi connectivity index (χ2n) is 7.79. The topological polar surface area (TPSA) is 84.1 Å². The van der Waals surface area contributed by atoms with Crippen LogP contribution in [0, 0.1) is 20.8 Å². The molecule has 1 saturated heterocycles. The van der Waals surface area contributed by atoms with E-state index in [9.17, 15) is 4.79 Å². The summed E-state index contributed by atoms with van der Waals surface area (Å²) in [7, 11) is 1.61. The van der Waals surface area contributed by atoms with Gasteiger partial charge in [-0.3, -0.25) is 4.79 Å². The number of carbonyl (C=O) groups excluding carboxylic acids is 1. The van der Waals surface area contributed by atoms with Gasteiger partial charge in [0.05, 0.1) is 19.0 Å². The maximum Gasteiger partial charge on any atom is 0.214 e. The van der Waals surface area contributed by atoms with Gasteiger partial charge in [0.15, 0.2) is 5.78 Å². The lowest BCUT2D eigenvalue weighted by Crippen LogP contribution is -2.17. The summed E-state index contributed by atoms with van der Waals surface area (Å²) in [5.74, 6) is 0.977. The van der Waals surface area contributed by atoms with Crippen molar-refractivity contribution in [2.45, 2.75) is 51.4 Å². The van der Waals surface area contributed by atoms with Crippen molar-refractivity contribution in [3.05, 3.63) is 46.8 Å². The molecule has 2 aromatic heterocycles. The highest BCUT2D eigenvalue weighted by atomic mass is 32.2. The fourth-order valence-corrected chi connectivity index (χ4v) is 4.72. The summed E-state index contributed by atoms with van der Waals surface area (Å²) in [5.41, 5.74) is 4.62. The number of tetrazole rings is 1. The largest absolute Gasteiger partial charge is 0.494 e. The van der Waals surface area contributed by atoms with Gasteiger partial charge in [0.2, 0.25) is 5.16 Å². The standard InChI is InChI=1S/C22H27N5O3S/c1-14-7-8-21(29-4)19(10-14)27-22(23-24-25-27)31-13-20(28)18-11-15(2)26(16(18)3)12-17-6-5-9-30-17/h7-8,10-11,17H,5-6,9,12-13H2,1-4H3/t17-/m0/s1. The van der Waals surface area contributed by atoms with E-state index in [0.717, 1.165) is 54.2 Å². The first kappa shape index (κ1) is 21.6. The van der Waals surface area contributed by atoms with E-state index >= 15 is 0 Å². The number of ketones is 1. The van der Waals surface area contributed by atoms with Gasteiger partial charge in [-0.1, -0.05) is 17.8 Å². The lowest BCUT2D eigenvalue weighted by atomic mass is 10.2. The van der Waals surface area contributed by atoms with Gasteiger partial charge in [-0.15, -0.1) is 5.10 Å². The molecule has 9 heteroatoms. The molecule has 164 valence electrons. The molecule has 0 unspecified atom stereocenters. The molecule has 1 atom stereocenters. The number of methoxy groups -OCH3 is 1. The number of hydrogen-bond donors (Lipinski definition) is 0. The van der Waals surface area contributed by atoms with Crippen molar-refractivity contribution < 1.29 is 14.3 Å². The Bertz CT molecular complexity index is 1090. The third kappa shape index (κ3) is 4.52. The number of hydrogen-bond acceptors (Lipinski definition) is 7. The van der Waals surface area contributed by atoms with Crippen molar-refractivity contribution in [1.82, 2.24) is 24.8 Å². The molecule has 0 radical (unpaired) electrons. The Morgan fingerprint density at radius 3 is 2.87 bits per heavy atom. The van der Waals surface area contributed by atoms with Crippen LogP contribution in [0.25, 0.3) is 5.69 Å². The molecular formula is C22H27N5O3S. The monoisotopic (exact) mass is 441 g/mol. The van der Waals surface area contributed by atoms with E-state index in [0.29, 0.717) is 10.9 Å². The maximum atomic E-state index is 13.0. The molecule has 0 saturated carbocycles. The Balaban J connectivity index is 1.50. The molecule has 0 bridgehead atoms. The summed E-state index contributed by atoms with van der Waals surface area (Å²) in [6.45, 7) is 7.66. The van der Waals surface area contributed by atoms with Crippen LogP contribution < -0.4 is 4.74 Å². The third-order valence-electron chi connectivity index (χ3n) is 5.62. The third-order valence-corrected chi connectivity index (χ3v) is 6.54. The first-order valence-corrected chi connectivity index (χ1v) is 11.3. The van der Waals surface area contributed by atoms with Crippen LogP contribution in [0.5, 0.6) is 5.75 Å². The second-order valence-corrected chi connectivity index (χ2v) is 8.73. The molecule has 1 fully saturated rings. The van der Waals surface area contributed by atoms with Crippen LogP contribution in [0.4, 0.5) is 0 Å². The number of Topliss-reactive ketones (excluding diaryl/α,β-unsaturated/α-hetero) is 1. The molecule has 0 amide bonds. The zero-order chi connectivity index (χ0) is 22.0. The highest BCUT2D eigenvalue weighted by Crippen LogP contribution is 2.28. The average Bonchev–Trinajstić information content (AvgIpc) is 3.50. The average molecular weight is 442 g/mol. The number of ether oxygens (including phenoxy) is 2. The van der Waals surface area contributed by atoms with Gasteiger partial charge in [-0.05, 0) is 67.8 Å². The predicted octanol–water partition coefficient (Wildman–Crippen LogP) is 3.55. The highest BCUT2D eigenvalue weighted by molar-refractivity contribution is 7.99. The summed E-state index contributed by atoms with van der Waals surface area (Å²) in [4.78, 5) is 13.0. The summed E-state index contributed by atoms with van der Waals surface area (Å²) < 4.78 is 15.0. The molecule has 0 spiro atoms. The van der Waals surface area contributed by atoms with Crippen LogP contribution in [-0.2, 0) is 11.3 Å². The van der Waals surface area contributed by atoms with Crippen molar-refractivity contribution in [3.63, 3.8) is 0 Å². The van der Waals surface area contributed by atoms with Gasteiger partial charge in [-0.25, -0.2) is 0 Å². The zero-order valence-corrected chi connectivity index (χ0v) is 19.1. The minimum atomic E-state index is 0.0578. The number of aromatic nitrogens is 5. The minimum Gasteiger partial charge on any atom is -0.494 e. The number of benzene rings is 1.